The van der Waals surface area contributed by atoms with Crippen LogP contribution in [-0.4, -0.2) is 54.2 Å². The van der Waals surface area contributed by atoms with Crippen LogP contribution < -0.4 is 9.47 Å². The summed E-state index contributed by atoms with van der Waals surface area (Å²) in [4.78, 5) is 15.0. The van der Waals surface area contributed by atoms with E-state index >= 15 is 0 Å². The highest BCUT2D eigenvalue weighted by Crippen LogP contribution is 2.64. The minimum absolute atomic E-state index is 0.0334. The number of rotatable bonds is 1. The number of hydrogen-bond acceptors (Lipinski definition) is 5. The van der Waals surface area contributed by atoms with Crippen LogP contribution in [0.5, 0.6) is 11.5 Å². The van der Waals surface area contributed by atoms with Gasteiger partial charge in [0.15, 0.2) is 23.4 Å². The van der Waals surface area contributed by atoms with Gasteiger partial charge >= 0.3 is 0 Å². The summed E-state index contributed by atoms with van der Waals surface area (Å²) in [6.45, 7) is 0.941. The highest BCUT2D eigenvalue weighted by Gasteiger charge is 2.71. The molecule has 1 unspecified atom stereocenters. The van der Waals surface area contributed by atoms with Crippen LogP contribution in [0.3, 0.4) is 0 Å². The lowest BCUT2D eigenvalue weighted by atomic mass is 9.51. The molecule has 1 aromatic carbocycles. The summed E-state index contributed by atoms with van der Waals surface area (Å²) >= 11 is 0. The first-order valence-electron chi connectivity index (χ1n) is 8.85. The van der Waals surface area contributed by atoms with Gasteiger partial charge in [0.25, 0.3) is 0 Å². The number of benzene rings is 1. The molecule has 1 saturated heterocycles. The van der Waals surface area contributed by atoms with Crippen molar-refractivity contribution in [2.24, 2.45) is 0 Å². The largest absolute Gasteiger partial charge is 0.493 e. The van der Waals surface area contributed by atoms with Gasteiger partial charge < -0.3 is 19.5 Å². The van der Waals surface area contributed by atoms with Crippen molar-refractivity contribution in [1.82, 2.24) is 4.90 Å². The molecule has 5 nitrogen and oxygen atoms in total. The smallest absolute Gasteiger partial charge is 0.174 e. The van der Waals surface area contributed by atoms with Gasteiger partial charge in [0.2, 0.25) is 0 Å². The highest BCUT2D eigenvalue weighted by molar-refractivity contribution is 5.90. The fourth-order valence-corrected chi connectivity index (χ4v) is 5.94. The summed E-state index contributed by atoms with van der Waals surface area (Å²) in [5.74, 6) is 1.48. The van der Waals surface area contributed by atoms with E-state index in [0.717, 1.165) is 31.4 Å². The number of likely N-dealkylation sites (N-methyl/N-ethyl adjacent to an activating group) is 1. The third-order valence-electron chi connectivity index (χ3n) is 6.95. The maximum atomic E-state index is 12.8. The molecular weight excluding hydrogens is 306 g/mol. The van der Waals surface area contributed by atoms with Gasteiger partial charge in [-0.15, -0.1) is 0 Å². The second-order valence-corrected chi connectivity index (χ2v) is 7.79. The summed E-state index contributed by atoms with van der Waals surface area (Å²) in [6.07, 6.45) is 2.88. The second-order valence-electron chi connectivity index (χ2n) is 7.79. The van der Waals surface area contributed by atoms with E-state index in [4.69, 9.17) is 9.47 Å². The van der Waals surface area contributed by atoms with E-state index in [-0.39, 0.29) is 11.8 Å². The molecule has 5 rings (SSSR count). The molecule has 1 N–H and O–H groups in total. The summed E-state index contributed by atoms with van der Waals surface area (Å²) in [6, 6.07) is 4.06. The number of likely N-dealkylation sites (tertiary alicyclic amines) is 1. The summed E-state index contributed by atoms with van der Waals surface area (Å²) < 4.78 is 11.7. The van der Waals surface area contributed by atoms with Gasteiger partial charge in [-0.25, -0.2) is 0 Å². The normalized spacial score (nSPS) is 39.9. The molecule has 1 aromatic rings. The van der Waals surface area contributed by atoms with Gasteiger partial charge in [0, 0.05) is 18.0 Å². The zero-order chi connectivity index (χ0) is 16.7. The maximum absolute atomic E-state index is 12.8. The number of ketones is 1. The van der Waals surface area contributed by atoms with Crippen LogP contribution in [-0.2, 0) is 16.6 Å². The minimum atomic E-state index is -0.915. The Morgan fingerprint density at radius 3 is 3.00 bits per heavy atom. The Kier molecular flexibility index (Phi) is 2.78. The first-order valence-corrected chi connectivity index (χ1v) is 8.85. The topological polar surface area (TPSA) is 59.0 Å². The Morgan fingerprint density at radius 2 is 2.21 bits per heavy atom. The van der Waals surface area contributed by atoms with Gasteiger partial charge in [0.1, 0.15) is 0 Å². The lowest BCUT2D eigenvalue weighted by Gasteiger charge is -2.56. The molecule has 1 saturated carbocycles. The zero-order valence-electron chi connectivity index (χ0n) is 14.2. The molecule has 2 aliphatic carbocycles. The van der Waals surface area contributed by atoms with Crippen LogP contribution in [0.1, 0.15) is 36.8 Å². The van der Waals surface area contributed by atoms with Crippen LogP contribution in [0.25, 0.3) is 0 Å². The van der Waals surface area contributed by atoms with E-state index in [1.54, 1.807) is 7.11 Å². The molecule has 4 aliphatic rings. The van der Waals surface area contributed by atoms with E-state index in [1.165, 1.54) is 5.56 Å². The van der Waals surface area contributed by atoms with Crippen molar-refractivity contribution in [2.75, 3.05) is 20.7 Å². The number of carbonyl (C=O) groups excluding carboxylic acids is 1. The lowest BCUT2D eigenvalue weighted by Crippen LogP contribution is -2.71. The average molecular weight is 329 g/mol. The van der Waals surface area contributed by atoms with Crippen LogP contribution in [0.15, 0.2) is 12.1 Å². The number of ether oxygens (including phenoxy) is 2. The van der Waals surface area contributed by atoms with E-state index < -0.39 is 17.1 Å². The van der Waals surface area contributed by atoms with Crippen molar-refractivity contribution >= 4 is 5.78 Å². The maximum Gasteiger partial charge on any atom is 0.174 e. The quantitative estimate of drug-likeness (QED) is 0.845. The van der Waals surface area contributed by atoms with Gasteiger partial charge in [-0.3, -0.25) is 4.79 Å². The molecule has 2 fully saturated rings. The molecule has 0 aromatic heterocycles. The molecule has 4 atom stereocenters. The van der Waals surface area contributed by atoms with Crippen molar-refractivity contribution in [1.29, 1.82) is 0 Å². The second kappa shape index (κ2) is 4.52. The van der Waals surface area contributed by atoms with Crippen molar-refractivity contribution in [2.45, 2.75) is 55.3 Å². The number of methoxy groups -OCH3 is 1. The first-order chi connectivity index (χ1) is 11.5. The highest BCUT2D eigenvalue weighted by atomic mass is 16.5. The summed E-state index contributed by atoms with van der Waals surface area (Å²) in [5, 5.41) is 11.9. The number of hydrogen-bond donors (Lipinski definition) is 1. The van der Waals surface area contributed by atoms with Gasteiger partial charge in [-0.05, 0) is 50.9 Å². The standard InChI is InChI=1S/C19H23NO4/c1-20-9-3-7-18-15-11-4-5-13(23-2)16(15)24-17(18)12(21)6-8-19(18,22)14(20)10-11/h4-5,14,17,22H,3,6-10H2,1-2H3/t14?,17-,18-,19+/m0/s1. The Morgan fingerprint density at radius 1 is 1.38 bits per heavy atom. The van der Waals surface area contributed by atoms with E-state index in [2.05, 4.69) is 18.0 Å². The van der Waals surface area contributed by atoms with Crippen LogP contribution in [0, 0.1) is 0 Å². The van der Waals surface area contributed by atoms with Crippen LogP contribution in [0.4, 0.5) is 0 Å². The van der Waals surface area contributed by atoms with Crippen LogP contribution >= 0.6 is 0 Å². The molecule has 0 radical (unpaired) electrons. The average Bonchev–Trinajstić information content (AvgIpc) is 2.91. The lowest BCUT2D eigenvalue weighted by molar-refractivity contribution is -0.164. The first kappa shape index (κ1) is 14.7. The third kappa shape index (κ3) is 1.43. The Bertz CT molecular complexity index is 747. The van der Waals surface area contributed by atoms with Crippen molar-refractivity contribution in [3.05, 3.63) is 23.3 Å². The fourth-order valence-electron chi connectivity index (χ4n) is 5.94. The molecule has 24 heavy (non-hydrogen) atoms. The molecule has 2 aliphatic heterocycles. The van der Waals surface area contributed by atoms with Gasteiger partial charge in [-0.2, -0.15) is 0 Å². The summed E-state index contributed by atoms with van der Waals surface area (Å²) in [7, 11) is 3.72. The Hall–Kier alpha value is -1.59. The van der Waals surface area contributed by atoms with E-state index in [0.29, 0.717) is 24.3 Å². The summed E-state index contributed by atoms with van der Waals surface area (Å²) in [5.41, 5.74) is 0.719. The van der Waals surface area contributed by atoms with Gasteiger partial charge in [-0.1, -0.05) is 6.07 Å². The molecule has 128 valence electrons. The van der Waals surface area contributed by atoms with E-state index in [1.807, 2.05) is 6.07 Å². The third-order valence-corrected chi connectivity index (χ3v) is 6.95. The number of Topliss-reactive ketones (excluding diaryl/α,β-unsaturated/α-hetero) is 1. The molecule has 5 heteroatoms. The van der Waals surface area contributed by atoms with Crippen molar-refractivity contribution in [3.8, 4) is 11.5 Å². The Balaban J connectivity index is 1.86. The zero-order valence-corrected chi connectivity index (χ0v) is 14.2. The molecule has 0 amide bonds. The van der Waals surface area contributed by atoms with Crippen LogP contribution in [0.2, 0.25) is 0 Å². The van der Waals surface area contributed by atoms with Crippen molar-refractivity contribution < 1.29 is 19.4 Å². The minimum Gasteiger partial charge on any atom is -0.493 e. The van der Waals surface area contributed by atoms with E-state index in [9.17, 15) is 9.90 Å². The number of nitrogens with zero attached hydrogens (tertiary/aromatic N) is 1. The Labute approximate surface area is 141 Å². The molecular formula is C19H23NO4. The predicted molar refractivity (Wildman–Crippen MR) is 87.6 cm³/mol. The molecule has 2 bridgehead atoms. The van der Waals surface area contributed by atoms with Crippen molar-refractivity contribution in [3.63, 3.8) is 0 Å². The number of aliphatic hydroxyl groups is 1. The monoisotopic (exact) mass is 329 g/mol. The fraction of sp³-hybridized carbons (Fsp3) is 0.632. The number of carbonyl (C=O) groups is 1. The predicted octanol–water partition coefficient (Wildman–Crippen LogP) is 1.44. The van der Waals surface area contributed by atoms with Gasteiger partial charge in [0.05, 0.1) is 18.1 Å². The molecule has 1 spiro atoms. The molecule has 2 heterocycles. The SMILES string of the molecule is COc1ccc2c3c1O[C@H]1C(=O)CC[C@@]4(O)C(C2)N(C)CCC[C@]314.